The van der Waals surface area contributed by atoms with E-state index in [2.05, 4.69) is 6.92 Å². The highest BCUT2D eigenvalue weighted by atomic mass is 32.2. The van der Waals surface area contributed by atoms with Crippen LogP contribution >= 0.6 is 0 Å². The number of hydrogen-bond acceptors (Lipinski definition) is 2. The van der Waals surface area contributed by atoms with Crippen LogP contribution in [-0.4, -0.2) is 21.0 Å². The quantitative estimate of drug-likeness (QED) is 0.532. The summed E-state index contributed by atoms with van der Waals surface area (Å²) in [5, 5.41) is -0.343. The average Bonchev–Trinajstić information content (AvgIpc) is 2.41. The van der Waals surface area contributed by atoms with Crippen LogP contribution in [0.4, 0.5) is 0 Å². The first-order valence-corrected chi connectivity index (χ1v) is 8.05. The van der Waals surface area contributed by atoms with Crippen LogP contribution in [0.5, 0.6) is 0 Å². The first-order valence-electron chi connectivity index (χ1n) is 6.67. The molecule has 0 bridgehead atoms. The summed E-state index contributed by atoms with van der Waals surface area (Å²) in [6.07, 6.45) is 3.79. The molecule has 18 heavy (non-hydrogen) atoms. The van der Waals surface area contributed by atoms with E-state index in [0.29, 0.717) is 17.7 Å². The van der Waals surface area contributed by atoms with E-state index < -0.39 is 10.8 Å². The van der Waals surface area contributed by atoms with Crippen molar-refractivity contribution in [3.05, 3.63) is 35.9 Å². The first-order chi connectivity index (χ1) is 8.70. The molecule has 0 aliphatic heterocycles. The number of unbranched alkanes of at least 4 members (excludes halogenated alkanes) is 2. The highest BCUT2D eigenvalue weighted by Crippen LogP contribution is 2.13. The maximum atomic E-state index is 12.3. The molecule has 1 aromatic carbocycles. The van der Waals surface area contributed by atoms with Crippen LogP contribution < -0.4 is 0 Å². The molecule has 0 heterocycles. The van der Waals surface area contributed by atoms with E-state index in [1.165, 1.54) is 0 Å². The van der Waals surface area contributed by atoms with Crippen molar-refractivity contribution in [3.63, 3.8) is 0 Å². The third-order valence-corrected chi connectivity index (χ3v) is 4.86. The summed E-state index contributed by atoms with van der Waals surface area (Å²) in [7, 11) is -1.04. The van der Waals surface area contributed by atoms with Crippen molar-refractivity contribution < 1.29 is 9.00 Å². The maximum absolute atomic E-state index is 12.3. The van der Waals surface area contributed by atoms with Crippen LogP contribution in [-0.2, 0) is 10.8 Å². The van der Waals surface area contributed by atoms with E-state index in [1.807, 2.05) is 25.1 Å². The van der Waals surface area contributed by atoms with Gasteiger partial charge in [-0.05, 0) is 12.8 Å². The number of Topliss-reactive ketones (excluding diaryl/α,β-unsaturated/α-hetero) is 1. The fraction of sp³-hybridized carbons (Fsp3) is 0.533. The highest BCUT2D eigenvalue weighted by Gasteiger charge is 2.23. The van der Waals surface area contributed by atoms with Crippen LogP contribution in [0, 0.1) is 0 Å². The number of rotatable bonds is 8. The number of hydrogen-bond donors (Lipinski definition) is 0. The van der Waals surface area contributed by atoms with Crippen LogP contribution in [0.3, 0.4) is 0 Å². The van der Waals surface area contributed by atoms with Gasteiger partial charge in [0.1, 0.15) is 0 Å². The molecule has 0 fully saturated rings. The molecule has 1 aromatic rings. The van der Waals surface area contributed by atoms with E-state index in [1.54, 1.807) is 12.1 Å². The predicted octanol–water partition coefficient (Wildman–Crippen LogP) is 3.59. The van der Waals surface area contributed by atoms with Crippen molar-refractivity contribution in [2.75, 3.05) is 5.75 Å². The molecule has 100 valence electrons. The van der Waals surface area contributed by atoms with Crippen molar-refractivity contribution in [1.82, 2.24) is 0 Å². The molecule has 0 saturated heterocycles. The minimum atomic E-state index is -1.04. The minimum absolute atomic E-state index is 0.0212. The Kier molecular flexibility index (Phi) is 6.88. The molecule has 2 nitrogen and oxygen atoms in total. The van der Waals surface area contributed by atoms with Crippen molar-refractivity contribution in [2.45, 2.75) is 44.8 Å². The standard InChI is InChI=1S/C15H22O2S/c1-3-5-9-12-18(17)14(4-2)15(16)13-10-7-6-8-11-13/h6-8,10-11,14H,3-5,9,12H2,1-2H3. The zero-order chi connectivity index (χ0) is 13.4. The zero-order valence-corrected chi connectivity index (χ0v) is 12.0. The molecule has 0 aliphatic rings. The summed E-state index contributed by atoms with van der Waals surface area (Å²) >= 11 is 0. The van der Waals surface area contributed by atoms with Crippen LogP contribution in [0.2, 0.25) is 0 Å². The molecular formula is C15H22O2S. The normalized spacial score (nSPS) is 14.1. The van der Waals surface area contributed by atoms with Gasteiger partial charge >= 0.3 is 0 Å². The molecule has 0 radical (unpaired) electrons. The summed E-state index contributed by atoms with van der Waals surface area (Å²) in [5.41, 5.74) is 0.674. The van der Waals surface area contributed by atoms with Crippen molar-refractivity contribution in [1.29, 1.82) is 0 Å². The average molecular weight is 266 g/mol. The van der Waals surface area contributed by atoms with Crippen LogP contribution in [0.15, 0.2) is 30.3 Å². The Morgan fingerprint density at radius 2 is 1.83 bits per heavy atom. The highest BCUT2D eigenvalue weighted by molar-refractivity contribution is 7.86. The second kappa shape index (κ2) is 8.20. The van der Waals surface area contributed by atoms with Gasteiger partial charge < -0.3 is 0 Å². The molecule has 2 unspecified atom stereocenters. The fourth-order valence-corrected chi connectivity index (χ4v) is 3.44. The Morgan fingerprint density at radius 3 is 2.39 bits per heavy atom. The summed E-state index contributed by atoms with van der Waals surface area (Å²) in [6, 6.07) is 9.18. The molecule has 0 spiro atoms. The number of carbonyl (C=O) groups excluding carboxylic acids is 1. The van der Waals surface area contributed by atoms with E-state index in [-0.39, 0.29) is 11.0 Å². The summed E-state index contributed by atoms with van der Waals surface area (Å²) in [5.74, 6) is 0.665. The lowest BCUT2D eigenvalue weighted by molar-refractivity contribution is 0.0986. The monoisotopic (exact) mass is 266 g/mol. The van der Waals surface area contributed by atoms with Gasteiger partial charge in [-0.3, -0.25) is 9.00 Å². The smallest absolute Gasteiger partial charge is 0.178 e. The molecule has 3 heteroatoms. The zero-order valence-electron chi connectivity index (χ0n) is 11.2. The summed E-state index contributed by atoms with van der Waals surface area (Å²) in [4.78, 5) is 12.3. The van der Waals surface area contributed by atoms with Crippen molar-refractivity contribution >= 4 is 16.6 Å². The van der Waals surface area contributed by atoms with Gasteiger partial charge in [0.15, 0.2) is 5.78 Å². The SMILES string of the molecule is CCCCCS(=O)C(CC)C(=O)c1ccccc1. The van der Waals surface area contributed by atoms with Gasteiger partial charge in [-0.15, -0.1) is 0 Å². The fourth-order valence-electron chi connectivity index (χ4n) is 1.92. The Labute approximate surface area is 112 Å². The van der Waals surface area contributed by atoms with Gasteiger partial charge in [0, 0.05) is 22.1 Å². The van der Waals surface area contributed by atoms with Gasteiger partial charge in [0.2, 0.25) is 0 Å². The molecule has 2 atom stereocenters. The lowest BCUT2D eigenvalue weighted by Gasteiger charge is -2.13. The summed E-state index contributed by atoms with van der Waals surface area (Å²) < 4.78 is 12.2. The van der Waals surface area contributed by atoms with Gasteiger partial charge in [0.25, 0.3) is 0 Å². The van der Waals surface area contributed by atoms with Crippen LogP contribution in [0.25, 0.3) is 0 Å². The van der Waals surface area contributed by atoms with E-state index in [9.17, 15) is 9.00 Å². The molecule has 0 aliphatic carbocycles. The first kappa shape index (κ1) is 15.1. The predicted molar refractivity (Wildman–Crippen MR) is 77.4 cm³/mol. The Balaban J connectivity index is 2.65. The van der Waals surface area contributed by atoms with Gasteiger partial charge in [-0.2, -0.15) is 0 Å². The largest absolute Gasteiger partial charge is 0.293 e. The number of benzene rings is 1. The number of ketones is 1. The minimum Gasteiger partial charge on any atom is -0.293 e. The lowest BCUT2D eigenvalue weighted by atomic mass is 10.1. The summed E-state index contributed by atoms with van der Waals surface area (Å²) in [6.45, 7) is 4.05. The molecule has 0 amide bonds. The Morgan fingerprint density at radius 1 is 1.17 bits per heavy atom. The second-order valence-electron chi connectivity index (χ2n) is 4.42. The molecule has 0 aromatic heterocycles. The third-order valence-electron chi connectivity index (χ3n) is 2.99. The van der Waals surface area contributed by atoms with Crippen molar-refractivity contribution in [2.24, 2.45) is 0 Å². The van der Waals surface area contributed by atoms with E-state index in [0.717, 1.165) is 19.3 Å². The van der Waals surface area contributed by atoms with E-state index in [4.69, 9.17) is 0 Å². The second-order valence-corrected chi connectivity index (χ2v) is 6.16. The Hall–Kier alpha value is -0.960. The molecule has 0 N–H and O–H groups in total. The van der Waals surface area contributed by atoms with Crippen LogP contribution in [0.1, 0.15) is 49.9 Å². The number of carbonyl (C=O) groups is 1. The topological polar surface area (TPSA) is 34.1 Å². The van der Waals surface area contributed by atoms with Crippen molar-refractivity contribution in [3.8, 4) is 0 Å². The molecule has 1 rings (SSSR count). The Bertz CT molecular complexity index is 387. The third kappa shape index (κ3) is 4.37. The maximum Gasteiger partial charge on any atom is 0.178 e. The molecule has 0 saturated carbocycles. The lowest BCUT2D eigenvalue weighted by Crippen LogP contribution is -2.27. The van der Waals surface area contributed by atoms with Gasteiger partial charge in [0.05, 0.1) is 5.25 Å². The van der Waals surface area contributed by atoms with Gasteiger partial charge in [-0.25, -0.2) is 0 Å². The van der Waals surface area contributed by atoms with E-state index >= 15 is 0 Å². The van der Waals surface area contributed by atoms with Gasteiger partial charge in [-0.1, -0.05) is 57.0 Å². The molecular weight excluding hydrogens is 244 g/mol.